The van der Waals surface area contributed by atoms with E-state index in [2.05, 4.69) is 10.4 Å². The minimum absolute atomic E-state index is 0.217. The van der Waals surface area contributed by atoms with Crippen LogP contribution < -0.4 is 5.32 Å². The number of nitrogens with one attached hydrogen (secondary N) is 1. The average molecular weight is 502 g/mol. The number of carbonyl (C=O) groups excluding carboxylic acids is 1. The van der Waals surface area contributed by atoms with E-state index in [9.17, 15) is 26.7 Å². The van der Waals surface area contributed by atoms with Crippen LogP contribution in [0, 0.1) is 19.7 Å². The van der Waals surface area contributed by atoms with Crippen molar-refractivity contribution in [2.24, 2.45) is 0 Å². The smallest absolute Gasteiger partial charge is 0.330 e. The third-order valence-electron chi connectivity index (χ3n) is 5.03. The monoisotopic (exact) mass is 501 g/mol. The van der Waals surface area contributed by atoms with Gasteiger partial charge >= 0.3 is 12.3 Å². The number of aryl methyl sites for hydroxylation is 1. The molecule has 3 rings (SSSR count). The fraction of sp³-hybridized carbons (Fsp3) is 0.304. The van der Waals surface area contributed by atoms with Crippen LogP contribution in [0.1, 0.15) is 32.9 Å². The van der Waals surface area contributed by atoms with Crippen LogP contribution in [-0.4, -0.2) is 34.6 Å². The first kappa shape index (κ1) is 25.6. The Morgan fingerprint density at radius 2 is 1.94 bits per heavy atom. The lowest BCUT2D eigenvalue weighted by Gasteiger charge is -2.15. The molecule has 182 valence electrons. The zero-order valence-corrected chi connectivity index (χ0v) is 19.0. The van der Waals surface area contributed by atoms with E-state index in [1.54, 1.807) is 24.6 Å². The van der Waals surface area contributed by atoms with Gasteiger partial charge in [0.25, 0.3) is 5.91 Å². The van der Waals surface area contributed by atoms with Crippen molar-refractivity contribution in [1.29, 1.82) is 0 Å². The molecule has 0 aliphatic carbocycles. The van der Waals surface area contributed by atoms with E-state index >= 15 is 0 Å². The van der Waals surface area contributed by atoms with Gasteiger partial charge < -0.3 is 10.1 Å². The van der Waals surface area contributed by atoms with E-state index in [4.69, 9.17) is 16.3 Å². The summed E-state index contributed by atoms with van der Waals surface area (Å²) in [7, 11) is 0. The van der Waals surface area contributed by atoms with Crippen LogP contribution in [0.3, 0.4) is 0 Å². The molecule has 0 radical (unpaired) electrons. The van der Waals surface area contributed by atoms with Gasteiger partial charge in [-0.3, -0.25) is 9.48 Å². The van der Waals surface area contributed by atoms with E-state index in [-0.39, 0.29) is 23.7 Å². The summed E-state index contributed by atoms with van der Waals surface area (Å²) in [4.78, 5) is 12.8. The molecule has 5 nitrogen and oxygen atoms in total. The number of nitrogens with zero attached hydrogens (tertiary/aromatic N) is 2. The maximum absolute atomic E-state index is 13.3. The van der Waals surface area contributed by atoms with Gasteiger partial charge in [-0.2, -0.15) is 13.9 Å². The summed E-state index contributed by atoms with van der Waals surface area (Å²) in [5.41, 5.74) is 2.89. The number of halogens is 6. The Kier molecular flexibility index (Phi) is 7.93. The van der Waals surface area contributed by atoms with Gasteiger partial charge in [0.1, 0.15) is 12.4 Å². The number of carbonyl (C=O) groups is 1. The fourth-order valence-corrected chi connectivity index (χ4v) is 3.43. The molecule has 3 aromatic rings. The average Bonchev–Trinajstić information content (AvgIpc) is 3.03. The summed E-state index contributed by atoms with van der Waals surface area (Å²) in [6, 6.07) is 10.0. The van der Waals surface area contributed by atoms with Gasteiger partial charge in [-0.1, -0.05) is 29.8 Å². The Labute approximate surface area is 197 Å². The Morgan fingerprint density at radius 1 is 1.21 bits per heavy atom. The Bertz CT molecular complexity index is 1180. The number of hydrogen-bond acceptors (Lipinski definition) is 3. The predicted molar refractivity (Wildman–Crippen MR) is 117 cm³/mol. The Hall–Kier alpha value is -2.98. The van der Waals surface area contributed by atoms with Crippen molar-refractivity contribution < 1.29 is 31.5 Å². The van der Waals surface area contributed by atoms with Crippen LogP contribution in [0.15, 0.2) is 42.5 Å². The number of hydrogen-bond donors (Lipinski definition) is 1. The summed E-state index contributed by atoms with van der Waals surface area (Å²) in [6.45, 7) is 1.92. The summed E-state index contributed by atoms with van der Waals surface area (Å²) in [5.74, 6) is -5.18. The first-order valence-electron chi connectivity index (χ1n) is 10.1. The molecule has 1 aromatic heterocycles. The summed E-state index contributed by atoms with van der Waals surface area (Å²) >= 11 is 6.09. The fourth-order valence-electron chi connectivity index (χ4n) is 3.20. The highest BCUT2D eigenvalue weighted by Gasteiger charge is 2.40. The lowest BCUT2D eigenvalue weighted by atomic mass is 10.1. The molecule has 0 spiro atoms. The first-order valence-corrected chi connectivity index (χ1v) is 10.5. The van der Waals surface area contributed by atoms with Crippen molar-refractivity contribution in [3.63, 3.8) is 0 Å². The van der Waals surface area contributed by atoms with E-state index in [0.717, 1.165) is 0 Å². The molecule has 0 fully saturated rings. The maximum atomic E-state index is 13.3. The topological polar surface area (TPSA) is 56.2 Å². The second-order valence-corrected chi connectivity index (χ2v) is 8.06. The molecule has 0 atom stereocenters. The Balaban J connectivity index is 1.69. The van der Waals surface area contributed by atoms with E-state index in [0.29, 0.717) is 28.2 Å². The molecule has 1 heterocycles. The van der Waals surface area contributed by atoms with Crippen molar-refractivity contribution in [2.75, 3.05) is 11.9 Å². The van der Waals surface area contributed by atoms with Crippen LogP contribution in [0.2, 0.25) is 5.02 Å². The van der Waals surface area contributed by atoms with Gasteiger partial charge in [0.2, 0.25) is 0 Å². The van der Waals surface area contributed by atoms with Crippen molar-refractivity contribution in [3.05, 3.63) is 81.4 Å². The molecular formula is C23H21ClF5N3O2. The normalized spacial score (nSPS) is 11.8. The zero-order valence-electron chi connectivity index (χ0n) is 18.2. The van der Waals surface area contributed by atoms with E-state index in [1.165, 1.54) is 36.4 Å². The molecule has 0 saturated carbocycles. The Morgan fingerprint density at radius 3 is 2.62 bits per heavy atom. The molecule has 2 aromatic carbocycles. The van der Waals surface area contributed by atoms with Crippen molar-refractivity contribution in [2.45, 2.75) is 39.3 Å². The number of anilines is 1. The molecule has 0 unspecified atom stereocenters. The third kappa shape index (κ3) is 6.12. The SMILES string of the molecule is Cc1nn(Cc2ccc(F)cc2Cl)c(C)c1NC(=O)c1cccc(COCC(F)(F)C(F)F)c1. The van der Waals surface area contributed by atoms with Crippen LogP contribution in [-0.2, 0) is 17.9 Å². The molecule has 0 aliphatic heterocycles. The number of aromatic nitrogens is 2. The molecule has 0 saturated heterocycles. The van der Waals surface area contributed by atoms with Crippen LogP contribution in [0.25, 0.3) is 0 Å². The standard InChI is InChI=1S/C23H21ClF5N3O2/c1-13-20(14(2)32(31-13)10-17-6-7-18(25)9-19(17)24)30-21(33)16-5-3-4-15(8-16)11-34-12-23(28,29)22(26)27/h3-9,22H,10-12H2,1-2H3,(H,30,33). The number of amides is 1. The first-order chi connectivity index (χ1) is 16.0. The number of ether oxygens (including phenoxy) is 1. The molecule has 1 N–H and O–H groups in total. The number of alkyl halides is 4. The quantitative estimate of drug-likeness (QED) is 0.365. The van der Waals surface area contributed by atoms with Crippen LogP contribution in [0.5, 0.6) is 0 Å². The van der Waals surface area contributed by atoms with Crippen molar-refractivity contribution in [1.82, 2.24) is 9.78 Å². The maximum Gasteiger partial charge on any atom is 0.330 e. The molecule has 11 heteroatoms. The van der Waals surface area contributed by atoms with Crippen LogP contribution in [0.4, 0.5) is 27.6 Å². The summed E-state index contributed by atoms with van der Waals surface area (Å²) in [5, 5.41) is 7.43. The lowest BCUT2D eigenvalue weighted by Crippen LogP contribution is -2.32. The van der Waals surface area contributed by atoms with Crippen LogP contribution >= 0.6 is 11.6 Å². The van der Waals surface area contributed by atoms with E-state index in [1.807, 2.05) is 0 Å². The van der Waals surface area contributed by atoms with Gasteiger partial charge in [0.05, 0.1) is 30.2 Å². The van der Waals surface area contributed by atoms with E-state index < -0.39 is 30.7 Å². The highest BCUT2D eigenvalue weighted by Crippen LogP contribution is 2.25. The summed E-state index contributed by atoms with van der Waals surface area (Å²) in [6.07, 6.45) is -3.82. The second kappa shape index (κ2) is 10.5. The zero-order chi connectivity index (χ0) is 25.0. The summed E-state index contributed by atoms with van der Waals surface area (Å²) < 4.78 is 70.0. The molecule has 1 amide bonds. The minimum atomic E-state index is -4.25. The lowest BCUT2D eigenvalue weighted by molar-refractivity contribution is -0.168. The van der Waals surface area contributed by atoms with Crippen molar-refractivity contribution in [3.8, 4) is 0 Å². The third-order valence-corrected chi connectivity index (χ3v) is 5.38. The number of benzene rings is 2. The van der Waals surface area contributed by atoms with Gasteiger partial charge in [-0.15, -0.1) is 0 Å². The largest absolute Gasteiger partial charge is 0.370 e. The molecule has 34 heavy (non-hydrogen) atoms. The highest BCUT2D eigenvalue weighted by molar-refractivity contribution is 6.31. The second-order valence-electron chi connectivity index (χ2n) is 7.65. The van der Waals surface area contributed by atoms with Gasteiger partial charge in [0.15, 0.2) is 0 Å². The van der Waals surface area contributed by atoms with Gasteiger partial charge in [-0.05, 0) is 49.2 Å². The van der Waals surface area contributed by atoms with Gasteiger partial charge in [-0.25, -0.2) is 13.2 Å². The molecule has 0 aliphatic rings. The number of rotatable bonds is 9. The minimum Gasteiger partial charge on any atom is -0.370 e. The molecular weight excluding hydrogens is 481 g/mol. The molecule has 0 bridgehead atoms. The van der Waals surface area contributed by atoms with Gasteiger partial charge in [0, 0.05) is 10.6 Å². The van der Waals surface area contributed by atoms with Crippen molar-refractivity contribution >= 4 is 23.2 Å². The highest BCUT2D eigenvalue weighted by atomic mass is 35.5. The predicted octanol–water partition coefficient (Wildman–Crippen LogP) is 6.01.